The van der Waals surface area contributed by atoms with Crippen LogP contribution < -0.4 is 11.5 Å². The van der Waals surface area contributed by atoms with E-state index < -0.39 is 5.91 Å². The number of nitrogen functional groups attached to an aromatic ring is 1. The standard InChI is InChI=1S/C12H19N5O2/c1-7-10(11(14)16-15-7)12(19)17(6-9(13)18)8-4-2-3-5-8/h8H,2-6H2,1H3,(H2,13,18)(H3,14,15,16). The van der Waals surface area contributed by atoms with Gasteiger partial charge in [-0.1, -0.05) is 12.8 Å². The van der Waals surface area contributed by atoms with E-state index in [1.165, 1.54) is 4.90 Å². The van der Waals surface area contributed by atoms with Crippen molar-refractivity contribution >= 4 is 17.6 Å². The number of nitrogens with one attached hydrogen (secondary N) is 1. The molecule has 1 aliphatic carbocycles. The Morgan fingerprint density at radius 1 is 1.42 bits per heavy atom. The fourth-order valence-corrected chi connectivity index (χ4v) is 2.61. The lowest BCUT2D eigenvalue weighted by Crippen LogP contribution is -2.44. The van der Waals surface area contributed by atoms with Gasteiger partial charge in [-0.3, -0.25) is 14.7 Å². The van der Waals surface area contributed by atoms with Crippen molar-refractivity contribution in [3.63, 3.8) is 0 Å². The maximum Gasteiger partial charge on any atom is 0.260 e. The third-order valence-corrected chi connectivity index (χ3v) is 3.54. The highest BCUT2D eigenvalue weighted by atomic mass is 16.2. The van der Waals surface area contributed by atoms with E-state index in [9.17, 15) is 9.59 Å². The lowest BCUT2D eigenvalue weighted by Gasteiger charge is -2.27. The number of H-pyrrole nitrogens is 1. The molecular weight excluding hydrogens is 246 g/mol. The van der Waals surface area contributed by atoms with E-state index in [4.69, 9.17) is 11.5 Å². The summed E-state index contributed by atoms with van der Waals surface area (Å²) in [5.74, 6) is -0.621. The highest BCUT2D eigenvalue weighted by Crippen LogP contribution is 2.26. The van der Waals surface area contributed by atoms with Gasteiger partial charge in [0.2, 0.25) is 5.91 Å². The van der Waals surface area contributed by atoms with Crippen molar-refractivity contribution in [3.8, 4) is 0 Å². The molecule has 0 aromatic carbocycles. The zero-order valence-electron chi connectivity index (χ0n) is 11.0. The van der Waals surface area contributed by atoms with Crippen molar-refractivity contribution < 1.29 is 9.59 Å². The molecule has 1 heterocycles. The number of hydrogen-bond donors (Lipinski definition) is 3. The smallest absolute Gasteiger partial charge is 0.260 e. The van der Waals surface area contributed by atoms with Crippen LogP contribution in [0.25, 0.3) is 0 Å². The number of anilines is 1. The molecule has 104 valence electrons. The molecule has 0 atom stereocenters. The summed E-state index contributed by atoms with van der Waals surface area (Å²) in [6.45, 7) is 1.65. The Morgan fingerprint density at radius 2 is 2.05 bits per heavy atom. The minimum atomic E-state index is -0.514. The molecule has 1 aliphatic rings. The predicted octanol–water partition coefficient (Wildman–Crippen LogP) is 0.170. The summed E-state index contributed by atoms with van der Waals surface area (Å²) in [5.41, 5.74) is 11.9. The van der Waals surface area contributed by atoms with Crippen LogP contribution in [0.4, 0.5) is 5.82 Å². The summed E-state index contributed by atoms with van der Waals surface area (Å²) in [4.78, 5) is 25.3. The van der Waals surface area contributed by atoms with Crippen molar-refractivity contribution in [3.05, 3.63) is 11.3 Å². The number of rotatable bonds is 4. The normalized spacial score (nSPS) is 15.6. The highest BCUT2D eigenvalue weighted by molar-refractivity contribution is 6.01. The van der Waals surface area contributed by atoms with Crippen molar-refractivity contribution in [1.29, 1.82) is 0 Å². The van der Waals surface area contributed by atoms with Crippen LogP contribution in [0, 0.1) is 6.92 Å². The van der Waals surface area contributed by atoms with Gasteiger partial charge < -0.3 is 16.4 Å². The van der Waals surface area contributed by atoms with E-state index in [1.807, 2.05) is 0 Å². The first-order valence-electron chi connectivity index (χ1n) is 6.40. The Kier molecular flexibility index (Phi) is 3.73. The summed E-state index contributed by atoms with van der Waals surface area (Å²) >= 11 is 0. The number of primary amides is 1. The highest BCUT2D eigenvalue weighted by Gasteiger charge is 2.31. The van der Waals surface area contributed by atoms with E-state index in [0.717, 1.165) is 25.7 Å². The average Bonchev–Trinajstić information content (AvgIpc) is 2.96. The fraction of sp³-hybridized carbons (Fsp3) is 0.583. The lowest BCUT2D eigenvalue weighted by molar-refractivity contribution is -0.119. The molecule has 7 heteroatoms. The number of carbonyl (C=O) groups excluding carboxylic acids is 2. The largest absolute Gasteiger partial charge is 0.382 e. The lowest BCUT2D eigenvalue weighted by atomic mass is 10.1. The minimum Gasteiger partial charge on any atom is -0.382 e. The summed E-state index contributed by atoms with van der Waals surface area (Å²) in [6, 6.07) is 0.0636. The molecule has 7 nitrogen and oxygen atoms in total. The van der Waals surface area contributed by atoms with Gasteiger partial charge in [0.1, 0.15) is 5.56 Å². The maximum absolute atomic E-state index is 12.5. The van der Waals surface area contributed by atoms with E-state index in [1.54, 1.807) is 6.92 Å². The van der Waals surface area contributed by atoms with Crippen molar-refractivity contribution in [2.24, 2.45) is 5.73 Å². The molecule has 5 N–H and O–H groups in total. The van der Waals surface area contributed by atoms with Crippen LogP contribution in [-0.4, -0.2) is 39.5 Å². The Bertz CT molecular complexity index is 471. The molecule has 0 unspecified atom stereocenters. The summed E-state index contributed by atoms with van der Waals surface area (Å²) in [7, 11) is 0. The van der Waals surface area contributed by atoms with Gasteiger partial charge in [-0.25, -0.2) is 0 Å². The zero-order valence-corrected chi connectivity index (χ0v) is 11.0. The van der Waals surface area contributed by atoms with E-state index in [2.05, 4.69) is 10.2 Å². The number of amides is 2. The van der Waals surface area contributed by atoms with Gasteiger partial charge in [0.05, 0.1) is 6.54 Å². The number of carbonyl (C=O) groups is 2. The third-order valence-electron chi connectivity index (χ3n) is 3.54. The number of aromatic nitrogens is 2. The van der Waals surface area contributed by atoms with Crippen molar-refractivity contribution in [2.45, 2.75) is 38.6 Å². The SMILES string of the molecule is Cc1[nH]nc(N)c1C(=O)N(CC(N)=O)C1CCCC1. The molecule has 19 heavy (non-hydrogen) atoms. The third kappa shape index (κ3) is 2.69. The molecule has 0 aliphatic heterocycles. The van der Waals surface area contributed by atoms with Gasteiger partial charge in [0, 0.05) is 11.7 Å². The number of aromatic amines is 1. The van der Waals surface area contributed by atoms with Crippen molar-refractivity contribution in [1.82, 2.24) is 15.1 Å². The van der Waals surface area contributed by atoms with Gasteiger partial charge in [-0.15, -0.1) is 0 Å². The number of aryl methyl sites for hydroxylation is 1. The number of nitrogens with two attached hydrogens (primary N) is 2. The second-order valence-electron chi connectivity index (χ2n) is 4.95. The van der Waals surface area contributed by atoms with Crippen LogP contribution >= 0.6 is 0 Å². The second kappa shape index (κ2) is 5.29. The maximum atomic E-state index is 12.5. The molecule has 0 bridgehead atoms. The molecule has 1 fully saturated rings. The summed E-state index contributed by atoms with van der Waals surface area (Å²) < 4.78 is 0. The van der Waals surface area contributed by atoms with E-state index >= 15 is 0 Å². The topological polar surface area (TPSA) is 118 Å². The van der Waals surface area contributed by atoms with Gasteiger partial charge in [-0.2, -0.15) is 5.10 Å². The average molecular weight is 265 g/mol. The first-order valence-corrected chi connectivity index (χ1v) is 6.40. The van der Waals surface area contributed by atoms with Gasteiger partial charge in [0.25, 0.3) is 5.91 Å². The Hall–Kier alpha value is -2.05. The molecule has 0 radical (unpaired) electrons. The Balaban J connectivity index is 2.27. The Labute approximate surface area is 111 Å². The van der Waals surface area contributed by atoms with E-state index in [0.29, 0.717) is 11.3 Å². The molecule has 1 aromatic heterocycles. The first-order chi connectivity index (χ1) is 9.00. The van der Waals surface area contributed by atoms with Crippen LogP contribution in [0.2, 0.25) is 0 Å². The summed E-state index contributed by atoms with van der Waals surface area (Å²) in [6.07, 6.45) is 3.92. The van der Waals surface area contributed by atoms with Crippen LogP contribution in [0.15, 0.2) is 0 Å². The molecule has 1 aromatic rings. The van der Waals surface area contributed by atoms with Crippen LogP contribution in [0.3, 0.4) is 0 Å². The Morgan fingerprint density at radius 3 is 2.53 bits per heavy atom. The van der Waals surface area contributed by atoms with Crippen molar-refractivity contribution in [2.75, 3.05) is 12.3 Å². The minimum absolute atomic E-state index is 0.0636. The molecule has 1 saturated carbocycles. The first kappa shape index (κ1) is 13.4. The number of nitrogens with zero attached hydrogens (tertiary/aromatic N) is 2. The fourth-order valence-electron chi connectivity index (χ4n) is 2.61. The number of hydrogen-bond acceptors (Lipinski definition) is 4. The molecule has 0 saturated heterocycles. The summed E-state index contributed by atoms with van der Waals surface area (Å²) in [5, 5.41) is 6.49. The van der Waals surface area contributed by atoms with Gasteiger partial charge >= 0.3 is 0 Å². The van der Waals surface area contributed by atoms with Crippen LogP contribution in [0.1, 0.15) is 41.7 Å². The molecule has 0 spiro atoms. The molecular formula is C12H19N5O2. The van der Waals surface area contributed by atoms with Crippen LogP contribution in [0.5, 0.6) is 0 Å². The predicted molar refractivity (Wildman–Crippen MR) is 70.2 cm³/mol. The monoisotopic (exact) mass is 265 g/mol. The quantitative estimate of drug-likeness (QED) is 0.719. The molecule has 2 rings (SSSR count). The molecule has 2 amide bonds. The van der Waals surface area contributed by atoms with Gasteiger partial charge in [0.15, 0.2) is 5.82 Å². The van der Waals surface area contributed by atoms with E-state index in [-0.39, 0.29) is 24.3 Å². The van der Waals surface area contributed by atoms with Gasteiger partial charge in [-0.05, 0) is 19.8 Å². The zero-order chi connectivity index (χ0) is 14.0. The second-order valence-corrected chi connectivity index (χ2v) is 4.95. The van der Waals surface area contributed by atoms with Crippen LogP contribution in [-0.2, 0) is 4.79 Å².